The molecule has 0 aliphatic carbocycles. The molecule has 0 radical (unpaired) electrons. The van der Waals surface area contributed by atoms with Gasteiger partial charge < -0.3 is 10.2 Å². The molecule has 2 rings (SSSR count). The number of guanidine groups is 1. The van der Waals surface area contributed by atoms with Gasteiger partial charge >= 0.3 is 0 Å². The fourth-order valence-electron chi connectivity index (χ4n) is 2.30. The van der Waals surface area contributed by atoms with Gasteiger partial charge in [-0.25, -0.2) is 13.4 Å². The molecular formula is C14H24IN3O2S2. The molecular weight excluding hydrogens is 433 g/mol. The predicted octanol–water partition coefficient (Wildman–Crippen LogP) is 2.34. The third kappa shape index (κ3) is 4.58. The number of rotatable bonds is 3. The zero-order valence-corrected chi connectivity index (χ0v) is 17.2. The average Bonchev–Trinajstić information content (AvgIpc) is 2.91. The molecule has 1 aliphatic heterocycles. The lowest BCUT2D eigenvalue weighted by Gasteiger charge is -2.39. The van der Waals surface area contributed by atoms with E-state index in [0.29, 0.717) is 19.6 Å². The highest BCUT2D eigenvalue weighted by atomic mass is 127. The van der Waals surface area contributed by atoms with E-state index in [1.807, 2.05) is 12.3 Å². The third-order valence-electron chi connectivity index (χ3n) is 3.67. The Morgan fingerprint density at radius 2 is 2.23 bits per heavy atom. The second kappa shape index (κ2) is 7.96. The number of hydrogen-bond acceptors (Lipinski definition) is 4. The predicted molar refractivity (Wildman–Crippen MR) is 104 cm³/mol. The summed E-state index contributed by atoms with van der Waals surface area (Å²) >= 11 is 1.66. The molecule has 1 aromatic rings. The third-order valence-corrected chi connectivity index (χ3v) is 6.93. The molecule has 126 valence electrons. The van der Waals surface area contributed by atoms with E-state index in [9.17, 15) is 8.42 Å². The van der Waals surface area contributed by atoms with Crippen LogP contribution < -0.4 is 5.32 Å². The van der Waals surface area contributed by atoms with Gasteiger partial charge in [-0.15, -0.1) is 24.0 Å². The number of nitrogens with one attached hydrogen (secondary N) is 1. The Morgan fingerprint density at radius 1 is 1.50 bits per heavy atom. The van der Waals surface area contributed by atoms with Crippen LogP contribution in [-0.2, 0) is 16.4 Å². The molecule has 1 aliphatic rings. The highest BCUT2D eigenvalue weighted by molar-refractivity contribution is 14.0. The highest BCUT2D eigenvalue weighted by Gasteiger charge is 2.40. The van der Waals surface area contributed by atoms with Gasteiger partial charge in [0.05, 0.1) is 17.0 Å². The van der Waals surface area contributed by atoms with Crippen LogP contribution in [0.3, 0.4) is 0 Å². The van der Waals surface area contributed by atoms with E-state index in [-0.39, 0.29) is 29.7 Å². The van der Waals surface area contributed by atoms with Crippen molar-refractivity contribution >= 4 is 51.1 Å². The quantitative estimate of drug-likeness (QED) is 0.430. The first-order valence-corrected chi connectivity index (χ1v) is 9.72. The molecule has 5 nitrogen and oxygen atoms in total. The number of aliphatic imine (C=N–C) groups is 1. The summed E-state index contributed by atoms with van der Waals surface area (Å²) in [7, 11) is -3.02. The second-order valence-corrected chi connectivity index (χ2v) is 9.32. The van der Waals surface area contributed by atoms with Crippen LogP contribution in [0.2, 0.25) is 0 Å². The summed E-state index contributed by atoms with van der Waals surface area (Å²) < 4.78 is 23.4. The number of thiophene rings is 1. The van der Waals surface area contributed by atoms with Crippen molar-refractivity contribution in [3.05, 3.63) is 22.4 Å². The van der Waals surface area contributed by atoms with E-state index in [1.54, 1.807) is 25.2 Å². The lowest BCUT2D eigenvalue weighted by atomic mass is 10.2. The summed E-state index contributed by atoms with van der Waals surface area (Å²) in [5.74, 6) is 0.981. The van der Waals surface area contributed by atoms with Gasteiger partial charge in [0.15, 0.2) is 15.8 Å². The molecule has 0 saturated carbocycles. The molecule has 1 fully saturated rings. The van der Waals surface area contributed by atoms with Crippen molar-refractivity contribution < 1.29 is 8.42 Å². The Bertz CT molecular complexity index is 598. The van der Waals surface area contributed by atoms with Crippen molar-refractivity contribution in [3.8, 4) is 0 Å². The van der Waals surface area contributed by atoms with Crippen LogP contribution in [0, 0.1) is 0 Å². The van der Waals surface area contributed by atoms with E-state index < -0.39 is 14.6 Å². The molecule has 0 aromatic carbocycles. The van der Waals surface area contributed by atoms with E-state index in [1.165, 1.54) is 5.56 Å². The Morgan fingerprint density at radius 3 is 2.77 bits per heavy atom. The summed E-state index contributed by atoms with van der Waals surface area (Å²) in [5, 5.41) is 7.38. The van der Waals surface area contributed by atoms with Gasteiger partial charge in [0.1, 0.15) is 0 Å². The van der Waals surface area contributed by atoms with Crippen LogP contribution in [-0.4, -0.2) is 49.4 Å². The summed E-state index contributed by atoms with van der Waals surface area (Å²) in [5.41, 5.74) is 1.18. The first kappa shape index (κ1) is 19.7. The summed E-state index contributed by atoms with van der Waals surface area (Å²) in [4.78, 5) is 6.69. The molecule has 1 aromatic heterocycles. The van der Waals surface area contributed by atoms with Gasteiger partial charge in [0, 0.05) is 19.6 Å². The van der Waals surface area contributed by atoms with E-state index in [2.05, 4.69) is 26.7 Å². The van der Waals surface area contributed by atoms with Gasteiger partial charge in [-0.1, -0.05) is 0 Å². The van der Waals surface area contributed by atoms with Gasteiger partial charge in [0.25, 0.3) is 0 Å². The van der Waals surface area contributed by atoms with Gasteiger partial charge in [-0.3, -0.25) is 0 Å². The molecule has 0 unspecified atom stereocenters. The van der Waals surface area contributed by atoms with Crippen LogP contribution in [0.1, 0.15) is 26.3 Å². The minimum atomic E-state index is -3.02. The van der Waals surface area contributed by atoms with Crippen molar-refractivity contribution in [2.24, 2.45) is 4.99 Å². The number of sulfone groups is 1. The number of nitrogens with zero attached hydrogens (tertiary/aromatic N) is 2. The van der Waals surface area contributed by atoms with Crippen LogP contribution in [0.15, 0.2) is 21.8 Å². The summed E-state index contributed by atoms with van der Waals surface area (Å²) in [6, 6.07) is 2.06. The topological polar surface area (TPSA) is 61.8 Å². The van der Waals surface area contributed by atoms with Crippen LogP contribution in [0.4, 0.5) is 0 Å². The van der Waals surface area contributed by atoms with E-state index in [0.717, 1.165) is 12.5 Å². The second-order valence-electron chi connectivity index (χ2n) is 5.80. The van der Waals surface area contributed by atoms with Crippen molar-refractivity contribution in [2.45, 2.75) is 32.1 Å². The largest absolute Gasteiger partial charge is 0.357 e. The smallest absolute Gasteiger partial charge is 0.194 e. The average molecular weight is 457 g/mol. The van der Waals surface area contributed by atoms with Crippen molar-refractivity contribution in [1.29, 1.82) is 0 Å². The molecule has 0 spiro atoms. The van der Waals surface area contributed by atoms with Crippen LogP contribution >= 0.6 is 35.3 Å². The monoisotopic (exact) mass is 457 g/mol. The van der Waals surface area contributed by atoms with Gasteiger partial charge in [0.2, 0.25) is 0 Å². The lowest BCUT2D eigenvalue weighted by molar-refractivity contribution is 0.353. The fraction of sp³-hybridized carbons (Fsp3) is 0.643. The first-order valence-electron chi connectivity index (χ1n) is 7.12. The fourth-order valence-corrected chi connectivity index (χ4v) is 4.32. The van der Waals surface area contributed by atoms with Crippen molar-refractivity contribution in [3.63, 3.8) is 0 Å². The minimum absolute atomic E-state index is 0. The Hall–Kier alpha value is -0.350. The maximum atomic E-state index is 12.1. The zero-order valence-electron chi connectivity index (χ0n) is 13.2. The summed E-state index contributed by atoms with van der Waals surface area (Å²) in [6.45, 7) is 7.97. The van der Waals surface area contributed by atoms with Crippen LogP contribution in [0.25, 0.3) is 0 Å². The minimum Gasteiger partial charge on any atom is -0.357 e. The Labute approximate surface area is 154 Å². The first-order chi connectivity index (χ1) is 9.86. The Balaban J connectivity index is 0.00000242. The molecule has 2 heterocycles. The molecule has 8 heteroatoms. The SMILES string of the molecule is CCNC(=NCc1ccsc1)N1CCS(=O)(=O)C(C)(C)C1.I. The van der Waals surface area contributed by atoms with Crippen molar-refractivity contribution in [1.82, 2.24) is 10.2 Å². The molecule has 0 bridgehead atoms. The molecule has 1 saturated heterocycles. The number of hydrogen-bond donors (Lipinski definition) is 1. The van der Waals surface area contributed by atoms with Gasteiger partial charge in [-0.2, -0.15) is 11.3 Å². The standard InChI is InChI=1S/C14H23N3O2S2.HI/c1-4-15-13(16-9-12-5-7-20-10-12)17-6-8-21(18,19)14(2,3)11-17;/h5,7,10H,4,6,8-9,11H2,1-3H3,(H,15,16);1H. The molecule has 1 N–H and O–H groups in total. The molecule has 0 atom stereocenters. The maximum Gasteiger partial charge on any atom is 0.194 e. The lowest BCUT2D eigenvalue weighted by Crippen LogP contribution is -2.57. The maximum absolute atomic E-state index is 12.1. The summed E-state index contributed by atoms with van der Waals surface area (Å²) in [6.07, 6.45) is 0. The van der Waals surface area contributed by atoms with E-state index in [4.69, 9.17) is 0 Å². The van der Waals surface area contributed by atoms with Crippen molar-refractivity contribution in [2.75, 3.05) is 25.4 Å². The highest BCUT2D eigenvalue weighted by Crippen LogP contribution is 2.23. The Kier molecular flexibility index (Phi) is 7.13. The molecule has 22 heavy (non-hydrogen) atoms. The van der Waals surface area contributed by atoms with E-state index >= 15 is 0 Å². The number of halogens is 1. The zero-order chi connectivity index (χ0) is 15.5. The molecule has 0 amide bonds. The van der Waals surface area contributed by atoms with Gasteiger partial charge in [-0.05, 0) is 43.2 Å². The normalized spacial score (nSPS) is 20.3. The van der Waals surface area contributed by atoms with Crippen LogP contribution in [0.5, 0.6) is 0 Å².